The van der Waals surface area contributed by atoms with Crippen LogP contribution in [0.5, 0.6) is 0 Å². The Morgan fingerprint density at radius 1 is 1.20 bits per heavy atom. The van der Waals surface area contributed by atoms with Crippen molar-refractivity contribution in [3.8, 4) is 0 Å². The molecule has 2 N–H and O–H groups in total. The highest BCUT2D eigenvalue weighted by molar-refractivity contribution is 4.78. The fourth-order valence-electron chi connectivity index (χ4n) is 2.19. The van der Waals surface area contributed by atoms with E-state index in [9.17, 15) is 0 Å². The fourth-order valence-corrected chi connectivity index (χ4v) is 2.19. The molecule has 1 atom stereocenters. The Morgan fingerprint density at radius 3 is 2.80 bits per heavy atom. The number of nitrogens with zero attached hydrogens (tertiary/aromatic N) is 1. The minimum atomic E-state index is 0.105. The molecule has 0 radical (unpaired) electrons. The molecule has 4 nitrogen and oxygen atoms in total. The highest BCUT2D eigenvalue weighted by Gasteiger charge is 2.23. The summed E-state index contributed by atoms with van der Waals surface area (Å²) < 4.78 is 5.26. The average molecular weight is 217 g/mol. The molecule has 90 valence electrons. The number of hydrogen-bond donors (Lipinski definition) is 2. The molecule has 1 heterocycles. The van der Waals surface area contributed by atoms with Crippen molar-refractivity contribution in [2.24, 2.45) is 0 Å². The van der Waals surface area contributed by atoms with E-state index in [-0.39, 0.29) is 6.61 Å². The lowest BCUT2D eigenvalue weighted by atomic mass is 10.1. The smallest absolute Gasteiger partial charge is 0.0698 e. The van der Waals surface area contributed by atoms with Crippen LogP contribution in [0.25, 0.3) is 0 Å². The molecule has 0 saturated carbocycles. The van der Waals surface area contributed by atoms with E-state index in [0.717, 1.165) is 25.9 Å². The topological polar surface area (TPSA) is 52.9 Å². The molecule has 0 amide bonds. The zero-order chi connectivity index (χ0) is 10.9. The Morgan fingerprint density at radius 2 is 2.07 bits per heavy atom. The quantitative estimate of drug-likeness (QED) is 0.572. The van der Waals surface area contributed by atoms with Crippen molar-refractivity contribution >= 4 is 0 Å². The summed E-state index contributed by atoms with van der Waals surface area (Å²) >= 11 is 0. The van der Waals surface area contributed by atoms with Gasteiger partial charge in [-0.15, -0.1) is 0 Å². The van der Waals surface area contributed by atoms with E-state index >= 15 is 0 Å². The zero-order valence-electron chi connectivity index (χ0n) is 9.40. The monoisotopic (exact) mass is 217 g/mol. The third kappa shape index (κ3) is 4.93. The number of rotatable bonds is 8. The molecule has 0 aromatic rings. The van der Waals surface area contributed by atoms with Crippen molar-refractivity contribution in [1.29, 1.82) is 0 Å². The largest absolute Gasteiger partial charge is 0.396 e. The van der Waals surface area contributed by atoms with Gasteiger partial charge in [0.05, 0.1) is 19.8 Å². The van der Waals surface area contributed by atoms with Gasteiger partial charge in [0.1, 0.15) is 0 Å². The maximum atomic E-state index is 8.79. The number of ether oxygens (including phenoxy) is 1. The fraction of sp³-hybridized carbons (Fsp3) is 1.00. The van der Waals surface area contributed by atoms with Crippen molar-refractivity contribution in [3.05, 3.63) is 0 Å². The van der Waals surface area contributed by atoms with E-state index < -0.39 is 0 Å². The predicted octanol–water partition coefficient (Wildman–Crippen LogP) is 0.232. The first-order valence-electron chi connectivity index (χ1n) is 5.92. The van der Waals surface area contributed by atoms with E-state index in [1.807, 2.05) is 0 Å². The van der Waals surface area contributed by atoms with Gasteiger partial charge in [-0.25, -0.2) is 0 Å². The van der Waals surface area contributed by atoms with Crippen molar-refractivity contribution in [3.63, 3.8) is 0 Å². The third-order valence-electron chi connectivity index (χ3n) is 2.95. The van der Waals surface area contributed by atoms with Crippen molar-refractivity contribution < 1.29 is 14.9 Å². The summed E-state index contributed by atoms with van der Waals surface area (Å²) in [6, 6.07) is 0.634. The summed E-state index contributed by atoms with van der Waals surface area (Å²) in [4.78, 5) is 2.44. The molecular formula is C11H23NO3. The van der Waals surface area contributed by atoms with Gasteiger partial charge in [-0.2, -0.15) is 0 Å². The molecular weight excluding hydrogens is 194 g/mol. The van der Waals surface area contributed by atoms with Crippen molar-refractivity contribution in [2.45, 2.75) is 31.7 Å². The van der Waals surface area contributed by atoms with Crippen LogP contribution in [0, 0.1) is 0 Å². The summed E-state index contributed by atoms with van der Waals surface area (Å²) in [6.45, 7) is 3.65. The second-order valence-electron chi connectivity index (χ2n) is 4.03. The SMILES string of the molecule is OCCCC1CCCN1CCOCCO. The van der Waals surface area contributed by atoms with Gasteiger partial charge in [0.2, 0.25) is 0 Å². The molecule has 1 fully saturated rings. The van der Waals surface area contributed by atoms with Crippen LogP contribution in [-0.4, -0.2) is 60.7 Å². The second-order valence-corrected chi connectivity index (χ2v) is 4.03. The Kier molecular flexibility index (Phi) is 6.92. The van der Waals surface area contributed by atoms with Crippen LogP contribution >= 0.6 is 0 Å². The van der Waals surface area contributed by atoms with E-state index in [1.165, 1.54) is 12.8 Å². The highest BCUT2D eigenvalue weighted by atomic mass is 16.5. The molecule has 1 aliphatic heterocycles. The minimum absolute atomic E-state index is 0.105. The van der Waals surface area contributed by atoms with Crippen molar-refractivity contribution in [1.82, 2.24) is 4.90 Å². The standard InChI is InChI=1S/C11H23NO3/c13-7-2-4-11-3-1-5-12(11)6-9-15-10-8-14/h11,13-14H,1-10H2. The van der Waals surface area contributed by atoms with Crippen LogP contribution in [0.3, 0.4) is 0 Å². The van der Waals surface area contributed by atoms with E-state index in [2.05, 4.69) is 4.90 Å². The van der Waals surface area contributed by atoms with Crippen molar-refractivity contribution in [2.75, 3.05) is 39.5 Å². The number of likely N-dealkylation sites (tertiary alicyclic amines) is 1. The lowest BCUT2D eigenvalue weighted by Gasteiger charge is -2.23. The summed E-state index contributed by atoms with van der Waals surface area (Å²) in [6.07, 6.45) is 4.51. The molecule has 0 aliphatic carbocycles. The molecule has 0 aromatic carbocycles. The van der Waals surface area contributed by atoms with Gasteiger partial charge in [-0.1, -0.05) is 0 Å². The Bertz CT molecular complexity index is 155. The molecule has 0 bridgehead atoms. The van der Waals surface area contributed by atoms with Gasteiger partial charge >= 0.3 is 0 Å². The number of aliphatic hydroxyl groups excluding tert-OH is 2. The van der Waals surface area contributed by atoms with Gasteiger partial charge in [0, 0.05) is 19.2 Å². The van der Waals surface area contributed by atoms with Crippen LogP contribution in [-0.2, 0) is 4.74 Å². The number of aliphatic hydroxyl groups is 2. The third-order valence-corrected chi connectivity index (χ3v) is 2.95. The van der Waals surface area contributed by atoms with Gasteiger partial charge < -0.3 is 14.9 Å². The lowest BCUT2D eigenvalue weighted by Crippen LogP contribution is -2.32. The predicted molar refractivity (Wildman–Crippen MR) is 58.8 cm³/mol. The zero-order valence-corrected chi connectivity index (χ0v) is 9.40. The normalized spacial score (nSPS) is 22.4. The first-order chi connectivity index (χ1) is 7.38. The van der Waals surface area contributed by atoms with Gasteiger partial charge in [0.25, 0.3) is 0 Å². The first kappa shape index (κ1) is 12.9. The average Bonchev–Trinajstić information content (AvgIpc) is 2.69. The highest BCUT2D eigenvalue weighted by Crippen LogP contribution is 2.20. The maximum absolute atomic E-state index is 8.79. The van der Waals surface area contributed by atoms with Crippen LogP contribution in [0.1, 0.15) is 25.7 Å². The van der Waals surface area contributed by atoms with Crippen LogP contribution in [0.4, 0.5) is 0 Å². The summed E-state index contributed by atoms with van der Waals surface area (Å²) in [5.74, 6) is 0. The lowest BCUT2D eigenvalue weighted by molar-refractivity contribution is 0.0695. The molecule has 0 aromatic heterocycles. The molecule has 15 heavy (non-hydrogen) atoms. The Balaban J connectivity index is 2.09. The van der Waals surface area contributed by atoms with E-state index in [1.54, 1.807) is 0 Å². The molecule has 1 saturated heterocycles. The number of hydrogen-bond acceptors (Lipinski definition) is 4. The van der Waals surface area contributed by atoms with E-state index in [4.69, 9.17) is 14.9 Å². The molecule has 4 heteroatoms. The summed E-state index contributed by atoms with van der Waals surface area (Å²) in [5.41, 5.74) is 0. The summed E-state index contributed by atoms with van der Waals surface area (Å²) in [7, 11) is 0. The van der Waals surface area contributed by atoms with Crippen LogP contribution in [0.2, 0.25) is 0 Å². The van der Waals surface area contributed by atoms with Crippen LogP contribution < -0.4 is 0 Å². The van der Waals surface area contributed by atoms with Gasteiger partial charge in [0.15, 0.2) is 0 Å². The van der Waals surface area contributed by atoms with Gasteiger partial charge in [-0.3, -0.25) is 4.90 Å². The van der Waals surface area contributed by atoms with E-state index in [0.29, 0.717) is 25.9 Å². The summed E-state index contributed by atoms with van der Waals surface area (Å²) in [5, 5.41) is 17.3. The Labute approximate surface area is 91.8 Å². The van der Waals surface area contributed by atoms with Crippen LogP contribution in [0.15, 0.2) is 0 Å². The minimum Gasteiger partial charge on any atom is -0.396 e. The molecule has 1 rings (SSSR count). The van der Waals surface area contributed by atoms with Gasteiger partial charge in [-0.05, 0) is 32.2 Å². The first-order valence-corrected chi connectivity index (χ1v) is 5.92. The molecule has 1 aliphatic rings. The Hall–Kier alpha value is -0.160. The molecule has 0 spiro atoms. The second kappa shape index (κ2) is 8.05. The molecule has 1 unspecified atom stereocenters. The maximum Gasteiger partial charge on any atom is 0.0698 e.